The number of hydrogen-bond acceptors (Lipinski definition) is 2. The average Bonchev–Trinajstić information content (AvgIpc) is 2.20. The number of aryl methyl sites for hydroxylation is 1. The van der Waals surface area contributed by atoms with Crippen LogP contribution in [-0.4, -0.2) is 12.6 Å². The van der Waals surface area contributed by atoms with E-state index in [9.17, 15) is 0 Å². The minimum Gasteiger partial charge on any atom is -0.329 e. The molecule has 1 atom stereocenters. The largest absolute Gasteiger partial charge is 0.329 e. The molecule has 0 aliphatic heterocycles. The van der Waals surface area contributed by atoms with Crippen molar-refractivity contribution in [3.63, 3.8) is 0 Å². The van der Waals surface area contributed by atoms with Crippen LogP contribution in [0.15, 0.2) is 18.2 Å². The summed E-state index contributed by atoms with van der Waals surface area (Å²) in [5, 5.41) is 4.16. The molecule has 0 fully saturated rings. The highest BCUT2D eigenvalue weighted by Crippen LogP contribution is 2.19. The molecule has 78 valence electrons. The average molecular weight is 213 g/mol. The minimum absolute atomic E-state index is 0.326. The van der Waals surface area contributed by atoms with E-state index in [4.69, 9.17) is 17.3 Å². The third-order valence-corrected chi connectivity index (χ3v) is 2.81. The molecule has 0 saturated carbocycles. The molecule has 0 bridgehead atoms. The minimum atomic E-state index is 0.326. The quantitative estimate of drug-likeness (QED) is 0.802. The van der Waals surface area contributed by atoms with E-state index in [1.54, 1.807) is 0 Å². The molecule has 1 aromatic carbocycles. The van der Waals surface area contributed by atoms with Crippen molar-refractivity contribution in [2.24, 2.45) is 5.73 Å². The molecular weight excluding hydrogens is 196 g/mol. The lowest BCUT2D eigenvalue weighted by Crippen LogP contribution is -2.32. The van der Waals surface area contributed by atoms with E-state index in [0.29, 0.717) is 12.6 Å². The second-order valence-electron chi connectivity index (χ2n) is 3.57. The van der Waals surface area contributed by atoms with Crippen molar-refractivity contribution in [1.29, 1.82) is 0 Å². The Morgan fingerprint density at radius 2 is 2.21 bits per heavy atom. The number of benzene rings is 1. The first kappa shape index (κ1) is 11.5. The van der Waals surface area contributed by atoms with Gasteiger partial charge in [-0.2, -0.15) is 0 Å². The Bertz CT molecular complexity index is 299. The Hall–Kier alpha value is -0.570. The van der Waals surface area contributed by atoms with Crippen LogP contribution in [0.25, 0.3) is 0 Å². The van der Waals surface area contributed by atoms with Crippen LogP contribution in [0.1, 0.15) is 18.1 Å². The zero-order chi connectivity index (χ0) is 10.6. The molecule has 0 aliphatic rings. The Kier molecular flexibility index (Phi) is 4.39. The lowest BCUT2D eigenvalue weighted by Gasteiger charge is -2.12. The van der Waals surface area contributed by atoms with Crippen LogP contribution in [0.4, 0.5) is 0 Å². The topological polar surface area (TPSA) is 38.0 Å². The summed E-state index contributed by atoms with van der Waals surface area (Å²) in [6.45, 7) is 5.49. The summed E-state index contributed by atoms with van der Waals surface area (Å²) in [6.07, 6.45) is 0. The second-order valence-corrected chi connectivity index (χ2v) is 3.94. The summed E-state index contributed by atoms with van der Waals surface area (Å²) in [7, 11) is 0. The van der Waals surface area contributed by atoms with Crippen LogP contribution < -0.4 is 11.1 Å². The van der Waals surface area contributed by atoms with Crippen LogP contribution in [0.3, 0.4) is 0 Å². The predicted molar refractivity (Wildman–Crippen MR) is 61.5 cm³/mol. The molecule has 1 aromatic rings. The van der Waals surface area contributed by atoms with E-state index < -0.39 is 0 Å². The molecule has 0 heterocycles. The van der Waals surface area contributed by atoms with Crippen LogP contribution in [0.5, 0.6) is 0 Å². The fraction of sp³-hybridized carbons (Fsp3) is 0.455. The highest BCUT2D eigenvalue weighted by atomic mass is 35.5. The second kappa shape index (κ2) is 5.35. The highest BCUT2D eigenvalue weighted by molar-refractivity contribution is 6.32. The molecule has 0 radical (unpaired) electrons. The molecule has 1 unspecified atom stereocenters. The first-order valence-electron chi connectivity index (χ1n) is 4.82. The maximum Gasteiger partial charge on any atom is 0.0480 e. The van der Waals surface area contributed by atoms with Gasteiger partial charge in [-0.1, -0.05) is 29.8 Å². The van der Waals surface area contributed by atoms with Gasteiger partial charge in [0.05, 0.1) is 0 Å². The third kappa shape index (κ3) is 2.98. The van der Waals surface area contributed by atoms with Crippen LogP contribution >= 0.6 is 11.6 Å². The Morgan fingerprint density at radius 1 is 1.50 bits per heavy atom. The van der Waals surface area contributed by atoms with Gasteiger partial charge in [0, 0.05) is 24.2 Å². The smallest absolute Gasteiger partial charge is 0.0480 e. The monoisotopic (exact) mass is 212 g/mol. The van der Waals surface area contributed by atoms with Crippen LogP contribution in [0.2, 0.25) is 5.02 Å². The lowest BCUT2D eigenvalue weighted by molar-refractivity contribution is 0.556. The maximum absolute atomic E-state index is 6.15. The molecule has 2 nitrogen and oxygen atoms in total. The maximum atomic E-state index is 6.15. The van der Waals surface area contributed by atoms with Gasteiger partial charge in [0.15, 0.2) is 0 Å². The number of hydrogen-bond donors (Lipinski definition) is 2. The standard InChI is InChI=1S/C11H17ClN2/c1-8-4-3-5-10(11(8)12)7-14-9(2)6-13/h3-5,9,14H,6-7,13H2,1-2H3. The van der Waals surface area contributed by atoms with E-state index in [0.717, 1.165) is 22.7 Å². The van der Waals surface area contributed by atoms with Gasteiger partial charge in [-0.25, -0.2) is 0 Å². The molecule has 3 heteroatoms. The number of nitrogens with one attached hydrogen (secondary N) is 1. The summed E-state index contributed by atoms with van der Waals surface area (Å²) >= 11 is 6.15. The fourth-order valence-corrected chi connectivity index (χ4v) is 1.41. The highest BCUT2D eigenvalue weighted by Gasteiger charge is 2.03. The summed E-state index contributed by atoms with van der Waals surface area (Å²) in [4.78, 5) is 0. The Balaban J connectivity index is 2.63. The predicted octanol–water partition coefficient (Wildman–Crippen LogP) is 2.09. The van der Waals surface area contributed by atoms with Gasteiger partial charge in [-0.3, -0.25) is 0 Å². The zero-order valence-electron chi connectivity index (χ0n) is 8.68. The first-order valence-corrected chi connectivity index (χ1v) is 5.20. The molecule has 0 amide bonds. The van der Waals surface area contributed by atoms with Gasteiger partial charge in [0.2, 0.25) is 0 Å². The summed E-state index contributed by atoms with van der Waals surface area (Å²) in [5.41, 5.74) is 7.76. The van der Waals surface area contributed by atoms with Crippen molar-refractivity contribution in [3.05, 3.63) is 34.3 Å². The van der Waals surface area contributed by atoms with Gasteiger partial charge in [-0.15, -0.1) is 0 Å². The zero-order valence-corrected chi connectivity index (χ0v) is 9.43. The first-order chi connectivity index (χ1) is 6.65. The van der Waals surface area contributed by atoms with Crippen LogP contribution in [-0.2, 0) is 6.54 Å². The number of nitrogens with two attached hydrogens (primary N) is 1. The van der Waals surface area contributed by atoms with Crippen molar-refractivity contribution < 1.29 is 0 Å². The molecule has 0 aromatic heterocycles. The lowest BCUT2D eigenvalue weighted by atomic mass is 10.1. The van der Waals surface area contributed by atoms with Crippen molar-refractivity contribution in [2.45, 2.75) is 26.4 Å². The SMILES string of the molecule is Cc1cccc(CNC(C)CN)c1Cl. The third-order valence-electron chi connectivity index (χ3n) is 2.27. The normalized spacial score (nSPS) is 12.9. The molecule has 14 heavy (non-hydrogen) atoms. The van der Waals surface area contributed by atoms with Gasteiger partial charge in [0.1, 0.15) is 0 Å². The Morgan fingerprint density at radius 3 is 2.86 bits per heavy atom. The van der Waals surface area contributed by atoms with Gasteiger partial charge in [0.25, 0.3) is 0 Å². The van der Waals surface area contributed by atoms with Crippen molar-refractivity contribution in [1.82, 2.24) is 5.32 Å². The van der Waals surface area contributed by atoms with Gasteiger partial charge < -0.3 is 11.1 Å². The summed E-state index contributed by atoms with van der Waals surface area (Å²) in [6, 6.07) is 6.39. The van der Waals surface area contributed by atoms with E-state index in [1.165, 1.54) is 0 Å². The molecule has 3 N–H and O–H groups in total. The Labute approximate surface area is 90.4 Å². The van der Waals surface area contributed by atoms with E-state index >= 15 is 0 Å². The van der Waals surface area contributed by atoms with Crippen LogP contribution in [0, 0.1) is 6.92 Å². The fourth-order valence-electron chi connectivity index (χ4n) is 1.21. The molecular formula is C11H17ClN2. The number of rotatable bonds is 4. The number of halogens is 1. The van der Waals surface area contributed by atoms with Gasteiger partial charge >= 0.3 is 0 Å². The van der Waals surface area contributed by atoms with E-state index in [2.05, 4.69) is 12.2 Å². The molecule has 0 aliphatic carbocycles. The summed E-state index contributed by atoms with van der Waals surface area (Å²) < 4.78 is 0. The van der Waals surface area contributed by atoms with Crippen molar-refractivity contribution in [3.8, 4) is 0 Å². The van der Waals surface area contributed by atoms with Crippen molar-refractivity contribution in [2.75, 3.05) is 6.54 Å². The van der Waals surface area contributed by atoms with E-state index in [-0.39, 0.29) is 0 Å². The molecule has 0 spiro atoms. The van der Waals surface area contributed by atoms with Crippen molar-refractivity contribution >= 4 is 11.6 Å². The molecule has 0 saturated heterocycles. The summed E-state index contributed by atoms with van der Waals surface area (Å²) in [5.74, 6) is 0. The molecule has 1 rings (SSSR count). The van der Waals surface area contributed by atoms with Gasteiger partial charge in [-0.05, 0) is 25.0 Å². The van der Waals surface area contributed by atoms with E-state index in [1.807, 2.05) is 25.1 Å².